The third-order valence-corrected chi connectivity index (χ3v) is 7.80. The van der Waals surface area contributed by atoms with Crippen LogP contribution in [0.5, 0.6) is 5.75 Å². The quantitative estimate of drug-likeness (QED) is 0.0807. The van der Waals surface area contributed by atoms with Gasteiger partial charge in [0, 0.05) is 0 Å². The molecule has 0 radical (unpaired) electrons. The number of halogens is 3. The van der Waals surface area contributed by atoms with Crippen LogP contribution in [0.3, 0.4) is 0 Å². The third kappa shape index (κ3) is 7.31. The van der Waals surface area contributed by atoms with Crippen molar-refractivity contribution in [1.82, 2.24) is 4.90 Å². The van der Waals surface area contributed by atoms with Crippen LogP contribution in [-0.2, 0) is 32.5 Å². The fourth-order valence-electron chi connectivity index (χ4n) is 3.23. The fraction of sp³-hybridized carbons (Fsp3) is 0.476. The number of carbonyl (C=O) groups excluding carboxylic acids is 2. The first kappa shape index (κ1) is 29.1. The molecule has 1 saturated heterocycles. The van der Waals surface area contributed by atoms with E-state index in [1.165, 1.54) is 18.7 Å². The van der Waals surface area contributed by atoms with Crippen molar-refractivity contribution in [1.29, 1.82) is 0 Å². The van der Waals surface area contributed by atoms with E-state index in [1.807, 2.05) is 18.2 Å². The molecule has 0 aliphatic carbocycles. The minimum absolute atomic E-state index is 0.0133. The van der Waals surface area contributed by atoms with Gasteiger partial charge in [0.2, 0.25) is 3.79 Å². The third-order valence-electron chi connectivity index (χ3n) is 4.62. The van der Waals surface area contributed by atoms with E-state index in [2.05, 4.69) is 4.99 Å². The Labute approximate surface area is 227 Å². The largest absolute Gasteiger partial charge is 0.529 e. The zero-order valence-electron chi connectivity index (χ0n) is 19.5. The summed E-state index contributed by atoms with van der Waals surface area (Å²) in [5.41, 5.74) is -0.331. The maximum absolute atomic E-state index is 13.0. The molecule has 198 valence electrons. The van der Waals surface area contributed by atoms with Crippen LogP contribution in [0.2, 0.25) is 0 Å². The predicted octanol–water partition coefficient (Wildman–Crippen LogP) is 5.09. The first-order valence-electron chi connectivity index (χ1n) is 10.8. The van der Waals surface area contributed by atoms with Crippen molar-refractivity contribution in [3.8, 4) is 5.75 Å². The van der Waals surface area contributed by atoms with Crippen molar-refractivity contribution in [3.05, 3.63) is 41.8 Å². The number of hydrogen-bond donors (Lipinski definition) is 0. The van der Waals surface area contributed by atoms with E-state index in [-0.39, 0.29) is 31.3 Å². The molecule has 0 saturated carbocycles. The van der Waals surface area contributed by atoms with Gasteiger partial charge in [-0.2, -0.15) is 0 Å². The highest BCUT2D eigenvalue weighted by Crippen LogP contribution is 2.52. The van der Waals surface area contributed by atoms with Crippen LogP contribution in [0.4, 0.5) is 0 Å². The number of carbonyl (C=O) groups is 2. The highest BCUT2D eigenvalue weighted by atomic mass is 35.6. The number of ether oxygens (including phenoxy) is 2. The molecule has 0 aromatic heterocycles. The second-order valence-corrected chi connectivity index (χ2v) is 12.6. The van der Waals surface area contributed by atoms with Crippen LogP contribution in [-0.4, -0.2) is 63.5 Å². The minimum Gasteiger partial charge on any atom is -0.487 e. The molecule has 1 aromatic rings. The number of phosphoric ester groups is 1. The van der Waals surface area contributed by atoms with Crippen LogP contribution in [0, 0.1) is 0 Å². The Hall–Kier alpha value is -1.46. The number of phosphoric acid groups is 1. The Balaban J connectivity index is 1.82. The predicted molar refractivity (Wildman–Crippen MR) is 137 cm³/mol. The molecular formula is C21H24Cl3N2O8PS. The summed E-state index contributed by atoms with van der Waals surface area (Å²) in [6.07, 6.45) is 0. The summed E-state index contributed by atoms with van der Waals surface area (Å²) in [7, 11) is -4.09. The summed E-state index contributed by atoms with van der Waals surface area (Å²) < 4.78 is 37.5. The van der Waals surface area contributed by atoms with E-state index < -0.39 is 41.5 Å². The molecular weight excluding hydrogens is 578 g/mol. The lowest BCUT2D eigenvalue weighted by molar-refractivity contribution is -0.150. The number of esters is 1. The number of likely N-dealkylation sites (tertiary alicyclic amines) is 1. The maximum atomic E-state index is 13.0. The number of allylic oxidation sites excluding steroid dienone is 1. The molecule has 15 heteroatoms. The van der Waals surface area contributed by atoms with Crippen molar-refractivity contribution in [2.45, 2.75) is 36.0 Å². The van der Waals surface area contributed by atoms with E-state index >= 15 is 0 Å². The number of aliphatic imine (C=N–C) groups is 1. The highest BCUT2D eigenvalue weighted by Gasteiger charge is 2.56. The SMILES string of the molecule is CCOP(=O)(OCC)OC(C)=C(C(=O)OCC(Cl)(Cl)Cl)N1C(=O)C2N=C(COc3ccccc3)SC21. The molecule has 2 aliphatic rings. The number of hydrogen-bond acceptors (Lipinski definition) is 10. The highest BCUT2D eigenvalue weighted by molar-refractivity contribution is 8.15. The van der Waals surface area contributed by atoms with Crippen molar-refractivity contribution in [2.24, 2.45) is 4.99 Å². The van der Waals surface area contributed by atoms with Crippen LogP contribution >= 0.6 is 54.4 Å². The Bertz CT molecular complexity index is 1070. The zero-order chi connectivity index (χ0) is 26.5. The van der Waals surface area contributed by atoms with Gasteiger partial charge in [0.15, 0.2) is 11.7 Å². The number of benzene rings is 1. The lowest BCUT2D eigenvalue weighted by Gasteiger charge is -2.41. The van der Waals surface area contributed by atoms with Gasteiger partial charge in [-0.25, -0.2) is 9.36 Å². The lowest BCUT2D eigenvalue weighted by atomic mass is 10.1. The first-order valence-corrected chi connectivity index (χ1v) is 14.2. The van der Waals surface area contributed by atoms with E-state index in [0.29, 0.717) is 10.8 Å². The van der Waals surface area contributed by atoms with Gasteiger partial charge in [0.25, 0.3) is 5.91 Å². The number of alkyl halides is 3. The second kappa shape index (κ2) is 12.4. The Morgan fingerprint density at radius 1 is 1.17 bits per heavy atom. The van der Waals surface area contributed by atoms with Crippen molar-refractivity contribution < 1.29 is 37.2 Å². The molecule has 1 aromatic carbocycles. The van der Waals surface area contributed by atoms with Gasteiger partial charge < -0.3 is 14.0 Å². The number of rotatable bonds is 12. The molecule has 2 atom stereocenters. The summed E-state index contributed by atoms with van der Waals surface area (Å²) in [5, 5.41) is -0.0223. The lowest BCUT2D eigenvalue weighted by Crippen LogP contribution is -2.61. The number of nitrogens with zero attached hydrogens (tertiary/aromatic N) is 2. The summed E-state index contributed by atoms with van der Waals surface area (Å²) >= 11 is 18.4. The molecule has 2 unspecified atom stereocenters. The van der Waals surface area contributed by atoms with Gasteiger partial charge in [-0.15, -0.1) is 0 Å². The maximum Gasteiger partial charge on any atom is 0.529 e. The number of fused-ring (bicyclic) bond motifs is 1. The molecule has 1 fully saturated rings. The summed E-state index contributed by atoms with van der Waals surface area (Å²) in [6, 6.07) is 8.38. The summed E-state index contributed by atoms with van der Waals surface area (Å²) in [6.45, 7) is 4.09. The van der Waals surface area contributed by atoms with Gasteiger partial charge in [-0.3, -0.25) is 23.7 Å². The van der Waals surface area contributed by atoms with Gasteiger partial charge in [0.05, 0.1) is 13.2 Å². The molecule has 3 rings (SSSR count). The van der Waals surface area contributed by atoms with Gasteiger partial charge in [-0.05, 0) is 32.9 Å². The fourth-order valence-corrected chi connectivity index (χ4v) is 5.82. The second-order valence-electron chi connectivity index (χ2n) is 7.26. The molecule has 2 heterocycles. The average Bonchev–Trinajstić information content (AvgIpc) is 3.19. The average molecular weight is 602 g/mol. The molecule has 10 nitrogen and oxygen atoms in total. The number of amides is 1. The Morgan fingerprint density at radius 3 is 2.39 bits per heavy atom. The Morgan fingerprint density at radius 2 is 1.81 bits per heavy atom. The minimum atomic E-state index is -4.09. The molecule has 0 N–H and O–H groups in total. The smallest absolute Gasteiger partial charge is 0.487 e. The van der Waals surface area contributed by atoms with Crippen molar-refractivity contribution in [2.75, 3.05) is 26.4 Å². The summed E-state index contributed by atoms with van der Waals surface area (Å²) in [5.74, 6) is -1.10. The number of para-hydroxylation sites is 1. The van der Waals surface area contributed by atoms with Gasteiger partial charge in [0.1, 0.15) is 35.1 Å². The van der Waals surface area contributed by atoms with Gasteiger partial charge >= 0.3 is 13.8 Å². The standard InChI is InChI=1S/C21H24Cl3N2O8PS/c1-4-32-35(29,33-5-2)34-13(3)17(20(28)31-12-21(22,23)24)26-18(27)16-19(26)36-15(25-16)11-30-14-9-7-6-8-10-14/h6-10,16,19H,4-5,11-12H2,1-3H3. The van der Waals surface area contributed by atoms with Crippen LogP contribution in [0.1, 0.15) is 20.8 Å². The molecule has 36 heavy (non-hydrogen) atoms. The van der Waals surface area contributed by atoms with E-state index in [9.17, 15) is 14.2 Å². The first-order chi connectivity index (χ1) is 17.0. The van der Waals surface area contributed by atoms with Crippen molar-refractivity contribution in [3.63, 3.8) is 0 Å². The van der Waals surface area contributed by atoms with Crippen LogP contribution in [0.25, 0.3) is 0 Å². The molecule has 0 spiro atoms. The van der Waals surface area contributed by atoms with Crippen LogP contribution < -0.4 is 4.74 Å². The Kier molecular flexibility index (Phi) is 10.0. The van der Waals surface area contributed by atoms with E-state index in [4.69, 9.17) is 57.8 Å². The van der Waals surface area contributed by atoms with Crippen molar-refractivity contribution >= 4 is 71.3 Å². The zero-order valence-corrected chi connectivity index (χ0v) is 23.5. The normalized spacial score (nSPS) is 20.2. The molecule has 2 aliphatic heterocycles. The number of β-lactam (4-membered cyclic amide) rings is 1. The van der Waals surface area contributed by atoms with E-state index in [0.717, 1.165) is 4.90 Å². The molecule has 1 amide bonds. The van der Waals surface area contributed by atoms with Gasteiger partial charge in [-0.1, -0.05) is 64.8 Å². The monoisotopic (exact) mass is 600 g/mol. The topological polar surface area (TPSA) is 113 Å². The summed E-state index contributed by atoms with van der Waals surface area (Å²) in [4.78, 5) is 31.6. The van der Waals surface area contributed by atoms with Crippen LogP contribution in [0.15, 0.2) is 46.8 Å². The van der Waals surface area contributed by atoms with E-state index in [1.54, 1.807) is 26.0 Å². The molecule has 0 bridgehead atoms. The number of thioether (sulfide) groups is 1.